The third-order valence-electron chi connectivity index (χ3n) is 4.75. The Bertz CT molecular complexity index is 1080. The fourth-order valence-corrected chi connectivity index (χ4v) is 3.05. The number of carbonyl (C=O) groups excluding carboxylic acids is 1. The lowest BCUT2D eigenvalue weighted by Gasteiger charge is -2.09. The normalized spacial score (nSPS) is 10.1. The minimum Gasteiger partial charge on any atom is -0.493 e. The van der Waals surface area contributed by atoms with Crippen molar-refractivity contribution in [3.8, 4) is 28.9 Å². The molecule has 0 atom stereocenters. The average Bonchev–Trinajstić information content (AvgIpc) is 3.22. The Morgan fingerprint density at radius 3 is 2.62 bits per heavy atom. The fourth-order valence-electron chi connectivity index (χ4n) is 3.05. The van der Waals surface area contributed by atoms with Gasteiger partial charge in [-0.3, -0.25) is 4.79 Å². The summed E-state index contributed by atoms with van der Waals surface area (Å²) < 4.78 is 1.19. The molecule has 1 aromatic carbocycles. The molecule has 9 nitrogen and oxygen atoms in total. The number of carbonyl (C=O) groups is 1. The van der Waals surface area contributed by atoms with Crippen LogP contribution in [0.5, 0.6) is 5.88 Å². The summed E-state index contributed by atoms with van der Waals surface area (Å²) in [6.45, 7) is 3.23. The average molecular weight is 436 g/mol. The van der Waals surface area contributed by atoms with Crippen molar-refractivity contribution >= 4 is 5.91 Å². The first-order valence-electron chi connectivity index (χ1n) is 10.4. The summed E-state index contributed by atoms with van der Waals surface area (Å²) in [5, 5.41) is 26.4. The second-order valence-corrected chi connectivity index (χ2v) is 6.93. The molecule has 9 heteroatoms. The molecular formula is C23H29N7O2. The molecule has 0 aliphatic rings. The maximum Gasteiger partial charge on any atom is 0.254 e. The van der Waals surface area contributed by atoms with Crippen molar-refractivity contribution < 1.29 is 9.90 Å². The number of hydrogen-bond donors (Lipinski definition) is 4. The summed E-state index contributed by atoms with van der Waals surface area (Å²) in [4.78, 5) is 16.2. The van der Waals surface area contributed by atoms with Crippen molar-refractivity contribution in [3.05, 3.63) is 59.4 Å². The molecule has 6 N–H and O–H groups in total. The van der Waals surface area contributed by atoms with Crippen molar-refractivity contribution in [1.82, 2.24) is 20.1 Å². The Hall–Kier alpha value is -3.74. The molecule has 2 heterocycles. The van der Waals surface area contributed by atoms with Crippen LogP contribution in [0.25, 0.3) is 16.9 Å². The quantitative estimate of drug-likeness (QED) is 0.415. The summed E-state index contributed by atoms with van der Waals surface area (Å²) in [6, 6.07) is 10.3. The van der Waals surface area contributed by atoms with E-state index in [1.54, 1.807) is 30.3 Å². The summed E-state index contributed by atoms with van der Waals surface area (Å²) in [6.07, 6.45) is 6.73. The van der Waals surface area contributed by atoms with Gasteiger partial charge in [0.25, 0.3) is 5.91 Å². The zero-order valence-corrected chi connectivity index (χ0v) is 18.4. The highest BCUT2D eigenvalue weighted by molar-refractivity contribution is 5.97. The number of aromatic nitrogens is 3. The van der Waals surface area contributed by atoms with Crippen molar-refractivity contribution in [2.75, 3.05) is 13.6 Å². The van der Waals surface area contributed by atoms with Gasteiger partial charge in [0.05, 0.1) is 29.0 Å². The number of aromatic hydroxyl groups is 1. The lowest BCUT2D eigenvalue weighted by molar-refractivity contribution is 0.0962. The lowest BCUT2D eigenvalue weighted by atomic mass is 10.00. The number of rotatable bonds is 7. The molecule has 2 aromatic heterocycles. The van der Waals surface area contributed by atoms with E-state index in [2.05, 4.69) is 28.4 Å². The van der Waals surface area contributed by atoms with E-state index in [4.69, 9.17) is 16.7 Å². The SMILES string of the molecule is CCCCCN.CNC(=O)c1cccnc1-n1ncc(-c2ccc(C#N)cc2CN)c1O. The van der Waals surface area contributed by atoms with Crippen molar-refractivity contribution in [2.45, 2.75) is 32.7 Å². The largest absolute Gasteiger partial charge is 0.493 e. The topological polar surface area (TPSA) is 156 Å². The minimum atomic E-state index is -0.342. The van der Waals surface area contributed by atoms with Crippen LogP contribution in [-0.4, -0.2) is 39.4 Å². The maximum absolute atomic E-state index is 12.0. The molecule has 0 radical (unpaired) electrons. The maximum atomic E-state index is 12.0. The summed E-state index contributed by atoms with van der Waals surface area (Å²) in [5.41, 5.74) is 13.5. The van der Waals surface area contributed by atoms with Gasteiger partial charge in [-0.1, -0.05) is 25.8 Å². The van der Waals surface area contributed by atoms with E-state index in [1.165, 1.54) is 43.4 Å². The number of pyridine rings is 1. The monoisotopic (exact) mass is 435 g/mol. The Labute approximate surface area is 187 Å². The molecule has 0 fully saturated rings. The van der Waals surface area contributed by atoms with Crippen molar-refractivity contribution in [3.63, 3.8) is 0 Å². The van der Waals surface area contributed by atoms with Crippen LogP contribution in [0.3, 0.4) is 0 Å². The van der Waals surface area contributed by atoms with Gasteiger partial charge in [0.2, 0.25) is 5.88 Å². The molecule has 1 amide bonds. The second-order valence-electron chi connectivity index (χ2n) is 6.93. The number of nitriles is 1. The van der Waals surface area contributed by atoms with E-state index in [1.807, 2.05) is 0 Å². The number of benzene rings is 1. The zero-order chi connectivity index (χ0) is 23.5. The highest BCUT2D eigenvalue weighted by Gasteiger charge is 2.20. The summed E-state index contributed by atoms with van der Waals surface area (Å²) >= 11 is 0. The molecule has 0 aliphatic heterocycles. The first kappa shape index (κ1) is 24.5. The van der Waals surface area contributed by atoms with E-state index >= 15 is 0 Å². The summed E-state index contributed by atoms with van der Waals surface area (Å²) in [5.74, 6) is -0.308. The smallest absolute Gasteiger partial charge is 0.254 e. The van der Waals surface area contributed by atoms with Crippen LogP contribution in [0.1, 0.15) is 47.7 Å². The highest BCUT2D eigenvalue weighted by Crippen LogP contribution is 2.33. The highest BCUT2D eigenvalue weighted by atomic mass is 16.3. The van der Waals surface area contributed by atoms with Crippen LogP contribution < -0.4 is 16.8 Å². The van der Waals surface area contributed by atoms with Gasteiger partial charge in [-0.15, -0.1) is 0 Å². The van der Waals surface area contributed by atoms with Crippen LogP contribution in [0, 0.1) is 11.3 Å². The third kappa shape index (κ3) is 5.69. The van der Waals surface area contributed by atoms with Gasteiger partial charge in [0.1, 0.15) is 0 Å². The Morgan fingerprint density at radius 1 is 1.25 bits per heavy atom. The van der Waals surface area contributed by atoms with Crippen LogP contribution in [0.2, 0.25) is 0 Å². The Kier molecular flexibility index (Phi) is 9.35. The molecule has 0 unspecified atom stereocenters. The van der Waals surface area contributed by atoms with Gasteiger partial charge in [-0.2, -0.15) is 15.0 Å². The van der Waals surface area contributed by atoms with Crippen LogP contribution >= 0.6 is 0 Å². The molecule has 168 valence electrons. The zero-order valence-electron chi connectivity index (χ0n) is 18.4. The minimum absolute atomic E-state index is 0.173. The molecule has 0 bridgehead atoms. The third-order valence-corrected chi connectivity index (χ3v) is 4.75. The first-order chi connectivity index (χ1) is 15.5. The van der Waals surface area contributed by atoms with Crippen LogP contribution in [0.4, 0.5) is 0 Å². The molecule has 32 heavy (non-hydrogen) atoms. The fraction of sp³-hybridized carbons (Fsp3) is 0.304. The van der Waals surface area contributed by atoms with Gasteiger partial charge >= 0.3 is 0 Å². The molecule has 0 saturated heterocycles. The van der Waals surface area contributed by atoms with E-state index < -0.39 is 0 Å². The second kappa shape index (κ2) is 12.2. The van der Waals surface area contributed by atoms with E-state index in [9.17, 15) is 9.90 Å². The van der Waals surface area contributed by atoms with Crippen LogP contribution in [-0.2, 0) is 6.54 Å². The predicted molar refractivity (Wildman–Crippen MR) is 123 cm³/mol. The van der Waals surface area contributed by atoms with Crippen molar-refractivity contribution in [2.24, 2.45) is 11.5 Å². The molecular weight excluding hydrogens is 406 g/mol. The van der Waals surface area contributed by atoms with Gasteiger partial charge in [-0.05, 0) is 48.4 Å². The molecule has 0 spiro atoms. The standard InChI is InChI=1S/C18H16N6O2.C5H13N/c1-21-17(25)14-3-2-6-22-16(14)24-18(26)15(10-23-24)13-5-4-11(8-19)7-12(13)9-20;1-2-3-4-5-6/h2-7,10,26H,9,20H2,1H3,(H,21,25);2-6H2,1H3. The number of nitrogens with two attached hydrogens (primary N) is 2. The summed E-state index contributed by atoms with van der Waals surface area (Å²) in [7, 11) is 1.51. The number of unbranched alkanes of at least 4 members (excludes halogenated alkanes) is 2. The van der Waals surface area contributed by atoms with Crippen molar-refractivity contribution in [1.29, 1.82) is 5.26 Å². The van der Waals surface area contributed by atoms with E-state index in [-0.39, 0.29) is 29.7 Å². The van der Waals surface area contributed by atoms with Gasteiger partial charge in [-0.25, -0.2) is 4.98 Å². The predicted octanol–water partition coefficient (Wildman–Crippen LogP) is 2.47. The number of nitrogens with one attached hydrogen (secondary N) is 1. The molecule has 3 aromatic rings. The number of hydrogen-bond acceptors (Lipinski definition) is 7. The molecule has 3 rings (SSSR count). The molecule has 0 aliphatic carbocycles. The van der Waals surface area contributed by atoms with Gasteiger partial charge in [0, 0.05) is 19.8 Å². The van der Waals surface area contributed by atoms with Gasteiger partial charge < -0.3 is 21.9 Å². The Morgan fingerprint density at radius 2 is 2.03 bits per heavy atom. The Balaban J connectivity index is 0.000000534. The van der Waals surface area contributed by atoms with E-state index in [0.717, 1.165) is 6.54 Å². The van der Waals surface area contributed by atoms with E-state index in [0.29, 0.717) is 22.3 Å². The van der Waals surface area contributed by atoms with Gasteiger partial charge in [0.15, 0.2) is 5.82 Å². The lowest BCUT2D eigenvalue weighted by Crippen LogP contribution is -2.20. The molecule has 0 saturated carbocycles. The first-order valence-corrected chi connectivity index (χ1v) is 10.4. The number of amides is 1. The van der Waals surface area contributed by atoms with Crippen LogP contribution in [0.15, 0.2) is 42.7 Å². The number of nitrogens with zero attached hydrogens (tertiary/aromatic N) is 4.